The molecule has 2 aliphatic rings. The molecule has 1 amide bonds. The summed E-state index contributed by atoms with van der Waals surface area (Å²) in [5, 5.41) is 7.29. The zero-order chi connectivity index (χ0) is 14.7. The van der Waals surface area contributed by atoms with Crippen LogP contribution in [0.4, 0.5) is 5.69 Å². The number of aromatic amines is 1. The lowest BCUT2D eigenvalue weighted by atomic mass is 9.75. The number of rotatable bonds is 1. The van der Waals surface area contributed by atoms with Crippen molar-refractivity contribution in [2.45, 2.75) is 5.41 Å². The van der Waals surface area contributed by atoms with Gasteiger partial charge in [0.2, 0.25) is 5.91 Å². The van der Waals surface area contributed by atoms with Gasteiger partial charge in [0.05, 0.1) is 11.9 Å². The molecule has 0 saturated carbocycles. The highest BCUT2D eigenvalue weighted by molar-refractivity contribution is 6.14. The van der Waals surface area contributed by atoms with Gasteiger partial charge in [-0.25, -0.2) is 4.98 Å². The third-order valence-electron chi connectivity index (χ3n) is 4.80. The van der Waals surface area contributed by atoms with Gasteiger partial charge in [0, 0.05) is 35.8 Å². The monoisotopic (exact) mass is 290 g/mol. The lowest BCUT2D eigenvalue weighted by Gasteiger charge is -2.37. The topological polar surface area (TPSA) is 69.8 Å². The molecule has 0 bridgehead atoms. The molecule has 1 aromatic carbocycles. The van der Waals surface area contributed by atoms with Crippen LogP contribution in [0.25, 0.3) is 22.2 Å². The Hall–Kier alpha value is -2.66. The molecule has 108 valence electrons. The van der Waals surface area contributed by atoms with E-state index in [0.29, 0.717) is 13.1 Å². The average Bonchev–Trinajstić information content (AvgIpc) is 3.04. The van der Waals surface area contributed by atoms with Gasteiger partial charge in [-0.05, 0) is 5.56 Å². The number of carbonyl (C=O) groups is 1. The zero-order valence-corrected chi connectivity index (χ0v) is 11.8. The molecule has 2 aromatic heterocycles. The van der Waals surface area contributed by atoms with Crippen LogP contribution < -0.4 is 10.6 Å². The SMILES string of the molecule is O=C1Nc2cnc3[nH]cc(-c4ccccc4)c3c2C12CNC2. The number of benzene rings is 1. The number of nitrogens with one attached hydrogen (secondary N) is 3. The Morgan fingerprint density at radius 2 is 1.95 bits per heavy atom. The van der Waals surface area contributed by atoms with E-state index in [2.05, 4.69) is 32.7 Å². The van der Waals surface area contributed by atoms with Crippen molar-refractivity contribution in [2.75, 3.05) is 18.4 Å². The first-order valence-corrected chi connectivity index (χ1v) is 7.38. The maximum atomic E-state index is 12.5. The van der Waals surface area contributed by atoms with E-state index in [0.717, 1.165) is 33.4 Å². The van der Waals surface area contributed by atoms with Crippen LogP contribution in [-0.4, -0.2) is 29.0 Å². The minimum absolute atomic E-state index is 0.0794. The fraction of sp³-hybridized carbons (Fsp3) is 0.176. The van der Waals surface area contributed by atoms with E-state index in [4.69, 9.17) is 0 Å². The Bertz CT molecular complexity index is 909. The fourth-order valence-electron chi connectivity index (χ4n) is 3.60. The molecule has 1 spiro atoms. The van der Waals surface area contributed by atoms with Gasteiger partial charge in [0.25, 0.3) is 0 Å². The highest BCUT2D eigenvalue weighted by Gasteiger charge is 2.52. The molecule has 5 nitrogen and oxygen atoms in total. The first-order chi connectivity index (χ1) is 10.8. The maximum Gasteiger partial charge on any atom is 0.237 e. The molecule has 0 atom stereocenters. The number of anilines is 1. The Labute approximate surface area is 126 Å². The van der Waals surface area contributed by atoms with Gasteiger partial charge in [-0.2, -0.15) is 0 Å². The van der Waals surface area contributed by atoms with Gasteiger partial charge in [-0.1, -0.05) is 30.3 Å². The van der Waals surface area contributed by atoms with E-state index in [9.17, 15) is 4.79 Å². The van der Waals surface area contributed by atoms with Gasteiger partial charge in [0.1, 0.15) is 11.1 Å². The predicted molar refractivity (Wildman–Crippen MR) is 84.7 cm³/mol. The van der Waals surface area contributed by atoms with Crippen LogP contribution in [0.15, 0.2) is 42.7 Å². The van der Waals surface area contributed by atoms with E-state index in [1.165, 1.54) is 0 Å². The lowest BCUT2D eigenvalue weighted by Crippen LogP contribution is -2.60. The Morgan fingerprint density at radius 1 is 1.14 bits per heavy atom. The number of hydrogen-bond acceptors (Lipinski definition) is 3. The van der Waals surface area contributed by atoms with Crippen LogP contribution in [0.3, 0.4) is 0 Å². The van der Waals surface area contributed by atoms with E-state index in [-0.39, 0.29) is 5.91 Å². The Kier molecular flexibility index (Phi) is 2.15. The molecule has 5 heteroatoms. The van der Waals surface area contributed by atoms with Crippen LogP contribution >= 0.6 is 0 Å². The van der Waals surface area contributed by atoms with Crippen molar-refractivity contribution < 1.29 is 4.79 Å². The molecule has 0 unspecified atom stereocenters. The van der Waals surface area contributed by atoms with E-state index in [1.54, 1.807) is 6.20 Å². The largest absolute Gasteiger partial charge is 0.346 e. The maximum absolute atomic E-state index is 12.5. The number of hydrogen-bond donors (Lipinski definition) is 3. The van der Waals surface area contributed by atoms with Gasteiger partial charge >= 0.3 is 0 Å². The van der Waals surface area contributed by atoms with E-state index >= 15 is 0 Å². The summed E-state index contributed by atoms with van der Waals surface area (Å²) < 4.78 is 0. The van der Waals surface area contributed by atoms with Crippen LogP contribution in [0.5, 0.6) is 0 Å². The zero-order valence-electron chi connectivity index (χ0n) is 11.8. The first kappa shape index (κ1) is 11.9. The van der Waals surface area contributed by atoms with Crippen molar-refractivity contribution in [3.05, 3.63) is 48.3 Å². The van der Waals surface area contributed by atoms with E-state index < -0.39 is 5.41 Å². The summed E-state index contributed by atoms with van der Waals surface area (Å²) in [6, 6.07) is 10.2. The number of fused-ring (bicyclic) bond motifs is 4. The van der Waals surface area contributed by atoms with Crippen molar-refractivity contribution in [3.63, 3.8) is 0 Å². The lowest BCUT2D eigenvalue weighted by molar-refractivity contribution is -0.122. The fourth-order valence-corrected chi connectivity index (χ4v) is 3.60. The van der Waals surface area contributed by atoms with Crippen LogP contribution in [0.2, 0.25) is 0 Å². The second-order valence-electron chi connectivity index (χ2n) is 5.98. The molecule has 3 N–H and O–H groups in total. The average molecular weight is 290 g/mol. The molecule has 22 heavy (non-hydrogen) atoms. The minimum Gasteiger partial charge on any atom is -0.346 e. The molecule has 3 aromatic rings. The molecular formula is C17H14N4O. The number of H-pyrrole nitrogens is 1. The second-order valence-corrected chi connectivity index (χ2v) is 5.98. The third kappa shape index (κ3) is 1.31. The summed E-state index contributed by atoms with van der Waals surface area (Å²) in [6.07, 6.45) is 3.74. The van der Waals surface area contributed by atoms with Crippen molar-refractivity contribution in [1.29, 1.82) is 0 Å². The summed E-state index contributed by atoms with van der Waals surface area (Å²) in [4.78, 5) is 20.2. The van der Waals surface area contributed by atoms with Gasteiger partial charge < -0.3 is 15.6 Å². The number of aromatic nitrogens is 2. The van der Waals surface area contributed by atoms with Crippen molar-refractivity contribution >= 4 is 22.6 Å². The summed E-state index contributed by atoms with van der Waals surface area (Å²) in [5.41, 5.74) is 4.55. The molecule has 1 saturated heterocycles. The third-order valence-corrected chi connectivity index (χ3v) is 4.80. The van der Waals surface area contributed by atoms with Gasteiger partial charge in [-0.3, -0.25) is 4.79 Å². The standard InChI is InChI=1S/C17H14N4O/c22-16-17(8-18-9-17)14-12(21-16)7-20-15-13(14)11(6-19-15)10-4-2-1-3-5-10/h1-7,18H,8-9H2,(H,19,20)(H,21,22). The Balaban J connectivity index is 1.86. The molecule has 2 aliphatic heterocycles. The predicted octanol–water partition coefficient (Wildman–Crippen LogP) is 2.02. The van der Waals surface area contributed by atoms with E-state index in [1.807, 2.05) is 24.4 Å². The second kappa shape index (κ2) is 3.96. The Morgan fingerprint density at radius 3 is 2.68 bits per heavy atom. The molecule has 5 rings (SSSR count). The first-order valence-electron chi connectivity index (χ1n) is 7.38. The molecular weight excluding hydrogens is 276 g/mol. The highest BCUT2D eigenvalue weighted by Crippen LogP contribution is 2.46. The molecule has 4 heterocycles. The van der Waals surface area contributed by atoms with Gasteiger partial charge in [-0.15, -0.1) is 0 Å². The summed E-state index contributed by atoms with van der Waals surface area (Å²) in [7, 11) is 0. The van der Waals surface area contributed by atoms with Crippen molar-refractivity contribution in [1.82, 2.24) is 15.3 Å². The number of nitrogens with zero attached hydrogens (tertiary/aromatic N) is 1. The van der Waals surface area contributed by atoms with Crippen molar-refractivity contribution in [2.24, 2.45) is 0 Å². The summed E-state index contributed by atoms with van der Waals surface area (Å²) >= 11 is 0. The molecule has 0 radical (unpaired) electrons. The number of pyridine rings is 1. The highest BCUT2D eigenvalue weighted by atomic mass is 16.2. The molecule has 1 fully saturated rings. The minimum atomic E-state index is -0.442. The molecule has 0 aliphatic carbocycles. The normalized spacial score (nSPS) is 18.3. The van der Waals surface area contributed by atoms with Crippen LogP contribution in [0, 0.1) is 0 Å². The number of amides is 1. The van der Waals surface area contributed by atoms with Gasteiger partial charge in [0.15, 0.2) is 0 Å². The number of carbonyl (C=O) groups excluding carboxylic acids is 1. The van der Waals surface area contributed by atoms with Crippen molar-refractivity contribution in [3.8, 4) is 11.1 Å². The smallest absolute Gasteiger partial charge is 0.237 e. The van der Waals surface area contributed by atoms with Crippen LogP contribution in [-0.2, 0) is 10.2 Å². The summed E-state index contributed by atoms with van der Waals surface area (Å²) in [5.74, 6) is 0.0794. The van der Waals surface area contributed by atoms with Crippen LogP contribution in [0.1, 0.15) is 5.56 Å². The summed E-state index contributed by atoms with van der Waals surface area (Å²) in [6.45, 7) is 1.37. The quantitative estimate of drug-likeness (QED) is 0.642.